The van der Waals surface area contributed by atoms with E-state index in [1.165, 1.54) is 111 Å². The topological polar surface area (TPSA) is 43.4 Å². The molecule has 2 atom stereocenters. The fourth-order valence-corrected chi connectivity index (χ4v) is 18.8. The Hall–Kier alpha value is -11.8. The maximum atomic E-state index is 6.61. The molecule has 0 aromatic heterocycles. The molecular formula is C99H78N2O4. The van der Waals surface area contributed by atoms with E-state index in [1.54, 1.807) is 0 Å². The van der Waals surface area contributed by atoms with Crippen LogP contribution in [0.3, 0.4) is 0 Å². The lowest BCUT2D eigenvalue weighted by Crippen LogP contribution is -2.46. The van der Waals surface area contributed by atoms with Gasteiger partial charge in [0.25, 0.3) is 0 Å². The largest absolute Gasteiger partial charge is 0.493 e. The summed E-state index contributed by atoms with van der Waals surface area (Å²) in [5.41, 5.74) is 29.2. The molecule has 0 bridgehead atoms. The van der Waals surface area contributed by atoms with Crippen LogP contribution in [0.4, 0.5) is 34.1 Å². The molecule has 6 nitrogen and oxygen atoms in total. The molecule has 2 fully saturated rings. The first-order chi connectivity index (χ1) is 51.9. The lowest BCUT2D eigenvalue weighted by atomic mass is 9.67. The number of benzene rings is 14. The lowest BCUT2D eigenvalue weighted by Gasteiger charge is -2.40. The van der Waals surface area contributed by atoms with Crippen LogP contribution in [0.2, 0.25) is 0 Å². The van der Waals surface area contributed by atoms with E-state index in [2.05, 4.69) is 363 Å². The summed E-state index contributed by atoms with van der Waals surface area (Å²) in [4.78, 5) is 4.99. The average molecular weight is 1360 g/mol. The number of hydrogen-bond acceptors (Lipinski definition) is 6. The summed E-state index contributed by atoms with van der Waals surface area (Å²) in [6, 6.07) is 128. The van der Waals surface area contributed by atoms with Crippen LogP contribution in [0.5, 0.6) is 11.5 Å². The van der Waals surface area contributed by atoms with E-state index in [0.29, 0.717) is 13.2 Å². The molecule has 4 aliphatic carbocycles. The van der Waals surface area contributed by atoms with E-state index in [9.17, 15) is 0 Å². The third-order valence-electron chi connectivity index (χ3n) is 24.4. The average Bonchev–Trinajstić information content (AvgIpc) is 1.51. The summed E-state index contributed by atoms with van der Waals surface area (Å²) in [6.45, 7) is 8.69. The first kappa shape index (κ1) is 62.9. The Morgan fingerprint density at radius 3 is 0.800 bits per heavy atom. The minimum Gasteiger partial charge on any atom is -0.493 e. The second-order valence-electron chi connectivity index (χ2n) is 29.7. The fourth-order valence-electron chi connectivity index (χ4n) is 18.8. The molecule has 0 amide bonds. The molecule has 14 aromatic carbocycles. The number of nitrogens with zero attached hydrogens (tertiary/aromatic N) is 2. The Kier molecular flexibility index (Phi) is 14.8. The van der Waals surface area contributed by atoms with Gasteiger partial charge in [0.05, 0.1) is 66.7 Å². The van der Waals surface area contributed by atoms with Gasteiger partial charge in [0.2, 0.25) is 0 Å². The smallest absolute Gasteiger partial charge is 0.119 e. The molecule has 2 heterocycles. The molecule has 1 spiro atoms. The number of ether oxygens (including phenoxy) is 4. The zero-order chi connectivity index (χ0) is 69.9. The Labute approximate surface area is 615 Å². The molecule has 0 saturated carbocycles. The normalized spacial score (nSPS) is 18.8. The summed E-state index contributed by atoms with van der Waals surface area (Å²) >= 11 is 0. The van der Waals surface area contributed by atoms with Crippen molar-refractivity contribution >= 4 is 34.1 Å². The van der Waals surface area contributed by atoms with Crippen LogP contribution in [0.1, 0.15) is 93.5 Å². The highest BCUT2D eigenvalue weighted by molar-refractivity contribution is 5.99. The minimum absolute atomic E-state index is 0.0614. The number of anilines is 6. The minimum atomic E-state index is -0.712. The van der Waals surface area contributed by atoms with Crippen molar-refractivity contribution < 1.29 is 18.9 Å². The van der Waals surface area contributed by atoms with Gasteiger partial charge in [0.15, 0.2) is 0 Å². The zero-order valence-corrected chi connectivity index (χ0v) is 59.0. The van der Waals surface area contributed by atoms with E-state index in [-0.39, 0.29) is 10.8 Å². The standard InChI is InChI=1S/C99H78N2O4/c1-3-95(61-102-62-95)65-104-77-49-41-69(42-50-77)97(67-25-9-5-10-26-67)87-37-21-17-33-79(87)83-53-45-73(57-91(83)97)100(71-29-13-7-14-30-71)75-47-55-85-81-35-19-23-39-89(81)99(93(85)59-75)90-40-24-20-36-82(90)86-56-48-76(60-94(86)99)101(72-31-15-8-16-32-72)74-46-54-84-80-34-18-22-38-88(80)98(92(84)58-74,68-27-11-6-12-28-68)70-43-51-78(52-44-70)105-66-96(4-2)63-103-64-96/h5-60H,3-4,61-66H2,1-2H3. The molecule has 6 aliphatic rings. The second-order valence-corrected chi connectivity index (χ2v) is 29.7. The van der Waals surface area contributed by atoms with Crippen molar-refractivity contribution in [1.82, 2.24) is 0 Å². The van der Waals surface area contributed by atoms with E-state index < -0.39 is 16.2 Å². The van der Waals surface area contributed by atoms with E-state index in [1.807, 2.05) is 0 Å². The van der Waals surface area contributed by atoms with Gasteiger partial charge in [-0.25, -0.2) is 0 Å². The van der Waals surface area contributed by atoms with Crippen LogP contribution in [-0.2, 0) is 25.7 Å². The van der Waals surface area contributed by atoms with Gasteiger partial charge >= 0.3 is 0 Å². The van der Waals surface area contributed by atoms with Gasteiger partial charge < -0.3 is 28.7 Å². The second kappa shape index (κ2) is 24.7. The summed E-state index contributed by atoms with van der Waals surface area (Å²) in [6.07, 6.45) is 2.04. The van der Waals surface area contributed by atoms with Crippen molar-refractivity contribution in [3.05, 3.63) is 406 Å². The highest BCUT2D eigenvalue weighted by Gasteiger charge is 2.54. The number of rotatable bonds is 18. The summed E-state index contributed by atoms with van der Waals surface area (Å²) in [5.74, 6) is 1.74. The van der Waals surface area contributed by atoms with Gasteiger partial charge in [-0.05, 0) is 221 Å². The third-order valence-corrected chi connectivity index (χ3v) is 24.4. The number of hydrogen-bond donors (Lipinski definition) is 0. The van der Waals surface area contributed by atoms with Crippen LogP contribution >= 0.6 is 0 Å². The van der Waals surface area contributed by atoms with Crippen LogP contribution in [0.15, 0.2) is 340 Å². The third kappa shape index (κ3) is 9.42. The van der Waals surface area contributed by atoms with Crippen LogP contribution < -0.4 is 19.3 Å². The van der Waals surface area contributed by atoms with Crippen molar-refractivity contribution in [2.45, 2.75) is 42.9 Å². The molecule has 0 N–H and O–H groups in total. The van der Waals surface area contributed by atoms with Crippen molar-refractivity contribution in [3.63, 3.8) is 0 Å². The predicted molar refractivity (Wildman–Crippen MR) is 425 cm³/mol. The highest BCUT2D eigenvalue weighted by Crippen LogP contribution is 2.66. The van der Waals surface area contributed by atoms with Gasteiger partial charge in [-0.15, -0.1) is 0 Å². The van der Waals surface area contributed by atoms with Crippen LogP contribution in [0.25, 0.3) is 44.5 Å². The number of fused-ring (bicyclic) bond motifs is 16. The monoisotopic (exact) mass is 1360 g/mol. The summed E-state index contributed by atoms with van der Waals surface area (Å²) in [5, 5.41) is 0. The summed E-state index contributed by atoms with van der Waals surface area (Å²) < 4.78 is 24.6. The van der Waals surface area contributed by atoms with Crippen molar-refractivity contribution in [3.8, 4) is 56.0 Å². The molecular weight excluding hydrogens is 1280 g/mol. The number of para-hydroxylation sites is 2. The van der Waals surface area contributed by atoms with Crippen molar-refractivity contribution in [2.24, 2.45) is 10.8 Å². The maximum Gasteiger partial charge on any atom is 0.119 e. The summed E-state index contributed by atoms with van der Waals surface area (Å²) in [7, 11) is 0. The van der Waals surface area contributed by atoms with Gasteiger partial charge in [-0.3, -0.25) is 0 Å². The first-order valence-corrected chi connectivity index (χ1v) is 37.3. The van der Waals surface area contributed by atoms with Crippen LogP contribution in [0, 0.1) is 10.8 Å². The molecule has 20 rings (SSSR count). The van der Waals surface area contributed by atoms with Gasteiger partial charge in [0, 0.05) is 34.1 Å². The molecule has 105 heavy (non-hydrogen) atoms. The Morgan fingerprint density at radius 1 is 0.248 bits per heavy atom. The van der Waals surface area contributed by atoms with Gasteiger partial charge in [-0.2, -0.15) is 0 Å². The SMILES string of the molecule is CCC1(COc2ccc(C3(c4ccccc4)c4ccccc4-c4ccc(N(c5ccccc5)c5ccc6c(c5)C5(c7ccccc7-6)c6ccccc6-c6ccc(N(c7ccccc7)c7ccc8c(c7)C(c7ccccc7)(c7ccc(OCC9(CC)COC9)cc7)c7ccccc7-8)cc65)cc43)cc2)COC1. The zero-order valence-electron chi connectivity index (χ0n) is 59.0. The molecule has 14 aromatic rings. The van der Waals surface area contributed by atoms with E-state index >= 15 is 0 Å². The van der Waals surface area contributed by atoms with Gasteiger partial charge in [-0.1, -0.05) is 257 Å². The van der Waals surface area contributed by atoms with Gasteiger partial charge in [0.1, 0.15) is 11.5 Å². The Bertz CT molecular complexity index is 5310. The van der Waals surface area contributed by atoms with E-state index in [4.69, 9.17) is 18.9 Å². The lowest BCUT2D eigenvalue weighted by molar-refractivity contribution is -0.133. The van der Waals surface area contributed by atoms with Crippen molar-refractivity contribution in [2.75, 3.05) is 49.4 Å². The quantitative estimate of drug-likeness (QED) is 0.0853. The molecule has 508 valence electrons. The molecule has 2 aliphatic heterocycles. The first-order valence-electron chi connectivity index (χ1n) is 37.3. The Morgan fingerprint density at radius 2 is 0.505 bits per heavy atom. The predicted octanol–water partition coefficient (Wildman–Crippen LogP) is 23.3. The highest BCUT2D eigenvalue weighted by atomic mass is 16.5. The molecule has 2 saturated heterocycles. The molecule has 0 radical (unpaired) electrons. The van der Waals surface area contributed by atoms with Crippen molar-refractivity contribution in [1.29, 1.82) is 0 Å². The van der Waals surface area contributed by atoms with Crippen LogP contribution in [-0.4, -0.2) is 39.6 Å². The molecule has 2 unspecified atom stereocenters. The maximum absolute atomic E-state index is 6.61. The van der Waals surface area contributed by atoms with E-state index in [0.717, 1.165) is 84.9 Å². The molecule has 6 heteroatoms. The Balaban J connectivity index is 0.751. The fraction of sp³-hybridized carbons (Fsp3) is 0.152.